The van der Waals surface area contributed by atoms with Crippen LogP contribution in [0, 0.1) is 0 Å². The first-order chi connectivity index (χ1) is 9.60. The highest BCUT2D eigenvalue weighted by Crippen LogP contribution is 2.22. The Kier molecular flexibility index (Phi) is 8.15. The SMILES string of the molecule is CCCC(C)NC(=O)C(C)N1CCCCC1CCNC. The summed E-state index contributed by atoms with van der Waals surface area (Å²) >= 11 is 0. The molecule has 20 heavy (non-hydrogen) atoms. The molecule has 1 heterocycles. The van der Waals surface area contributed by atoms with Gasteiger partial charge in [0.05, 0.1) is 6.04 Å². The van der Waals surface area contributed by atoms with Crippen molar-refractivity contribution in [2.45, 2.75) is 77.4 Å². The molecule has 0 spiro atoms. The van der Waals surface area contributed by atoms with Gasteiger partial charge < -0.3 is 10.6 Å². The maximum Gasteiger partial charge on any atom is 0.237 e. The summed E-state index contributed by atoms with van der Waals surface area (Å²) in [7, 11) is 2.00. The summed E-state index contributed by atoms with van der Waals surface area (Å²) in [5, 5.41) is 6.38. The van der Waals surface area contributed by atoms with Crippen LogP contribution in [0.25, 0.3) is 0 Å². The topological polar surface area (TPSA) is 44.4 Å². The highest BCUT2D eigenvalue weighted by molar-refractivity contribution is 5.81. The lowest BCUT2D eigenvalue weighted by atomic mass is 9.97. The molecule has 1 aliphatic heterocycles. The van der Waals surface area contributed by atoms with Gasteiger partial charge in [0.1, 0.15) is 0 Å². The van der Waals surface area contributed by atoms with Gasteiger partial charge in [0.15, 0.2) is 0 Å². The summed E-state index contributed by atoms with van der Waals surface area (Å²) in [5.41, 5.74) is 0. The number of amides is 1. The van der Waals surface area contributed by atoms with E-state index in [1.807, 2.05) is 7.05 Å². The van der Waals surface area contributed by atoms with E-state index in [0.29, 0.717) is 6.04 Å². The van der Waals surface area contributed by atoms with E-state index in [1.165, 1.54) is 19.3 Å². The minimum Gasteiger partial charge on any atom is -0.352 e. The van der Waals surface area contributed by atoms with Gasteiger partial charge in [0.2, 0.25) is 5.91 Å². The molecule has 1 fully saturated rings. The second-order valence-corrected chi connectivity index (χ2v) is 6.15. The fourth-order valence-corrected chi connectivity index (χ4v) is 3.17. The lowest BCUT2D eigenvalue weighted by molar-refractivity contribution is -0.128. The number of carbonyl (C=O) groups is 1. The first-order valence-electron chi connectivity index (χ1n) is 8.30. The average Bonchev–Trinajstić information content (AvgIpc) is 2.44. The van der Waals surface area contributed by atoms with E-state index in [2.05, 4.69) is 36.3 Å². The largest absolute Gasteiger partial charge is 0.352 e. The van der Waals surface area contributed by atoms with Crippen LogP contribution in [-0.2, 0) is 4.79 Å². The lowest BCUT2D eigenvalue weighted by Crippen LogP contribution is -2.53. The Balaban J connectivity index is 2.52. The van der Waals surface area contributed by atoms with Crippen molar-refractivity contribution in [3.05, 3.63) is 0 Å². The molecule has 0 radical (unpaired) electrons. The molecule has 4 heteroatoms. The second kappa shape index (κ2) is 9.35. The van der Waals surface area contributed by atoms with Crippen molar-refractivity contribution in [3.8, 4) is 0 Å². The maximum absolute atomic E-state index is 12.4. The number of carbonyl (C=O) groups excluding carboxylic acids is 1. The molecule has 1 saturated heterocycles. The van der Waals surface area contributed by atoms with Crippen LogP contribution in [-0.4, -0.2) is 49.1 Å². The molecule has 0 saturated carbocycles. The normalized spacial score (nSPS) is 23.3. The van der Waals surface area contributed by atoms with E-state index in [4.69, 9.17) is 0 Å². The number of hydrogen-bond donors (Lipinski definition) is 2. The molecule has 0 aromatic carbocycles. The Hall–Kier alpha value is -0.610. The minimum atomic E-state index is -0.00328. The Labute approximate surface area is 124 Å². The Morgan fingerprint density at radius 1 is 1.35 bits per heavy atom. The fraction of sp³-hybridized carbons (Fsp3) is 0.938. The van der Waals surface area contributed by atoms with E-state index < -0.39 is 0 Å². The molecule has 1 rings (SSSR count). The molecule has 1 amide bonds. The number of hydrogen-bond acceptors (Lipinski definition) is 3. The summed E-state index contributed by atoms with van der Waals surface area (Å²) in [5.74, 6) is 0.197. The van der Waals surface area contributed by atoms with Crippen LogP contribution < -0.4 is 10.6 Å². The number of piperidine rings is 1. The van der Waals surface area contributed by atoms with Crippen molar-refractivity contribution in [1.82, 2.24) is 15.5 Å². The summed E-state index contributed by atoms with van der Waals surface area (Å²) in [6, 6.07) is 0.838. The first-order valence-corrected chi connectivity index (χ1v) is 8.30. The van der Waals surface area contributed by atoms with Crippen LogP contribution in [0.4, 0.5) is 0 Å². The maximum atomic E-state index is 12.4. The summed E-state index contributed by atoms with van der Waals surface area (Å²) in [4.78, 5) is 14.8. The van der Waals surface area contributed by atoms with E-state index in [-0.39, 0.29) is 18.0 Å². The predicted octanol–water partition coefficient (Wildman–Crippen LogP) is 2.14. The molecule has 0 bridgehead atoms. The second-order valence-electron chi connectivity index (χ2n) is 6.15. The highest BCUT2D eigenvalue weighted by Gasteiger charge is 2.30. The smallest absolute Gasteiger partial charge is 0.237 e. The van der Waals surface area contributed by atoms with E-state index >= 15 is 0 Å². The molecule has 0 aromatic heterocycles. The zero-order valence-corrected chi connectivity index (χ0v) is 13.7. The molecule has 0 aromatic rings. The van der Waals surface area contributed by atoms with Gasteiger partial charge in [-0.05, 0) is 59.7 Å². The van der Waals surface area contributed by atoms with Crippen molar-refractivity contribution >= 4 is 5.91 Å². The minimum absolute atomic E-state index is 0.00328. The van der Waals surface area contributed by atoms with Crippen LogP contribution in [0.2, 0.25) is 0 Å². The molecular weight excluding hydrogens is 250 g/mol. The van der Waals surface area contributed by atoms with Crippen LogP contribution in [0.5, 0.6) is 0 Å². The van der Waals surface area contributed by atoms with Crippen molar-refractivity contribution in [3.63, 3.8) is 0 Å². The van der Waals surface area contributed by atoms with Gasteiger partial charge in [-0.2, -0.15) is 0 Å². The molecule has 1 aliphatic rings. The molecule has 4 nitrogen and oxygen atoms in total. The zero-order chi connectivity index (χ0) is 15.0. The third kappa shape index (κ3) is 5.41. The molecule has 3 unspecified atom stereocenters. The van der Waals surface area contributed by atoms with Gasteiger partial charge >= 0.3 is 0 Å². The predicted molar refractivity (Wildman–Crippen MR) is 84.9 cm³/mol. The summed E-state index contributed by atoms with van der Waals surface area (Å²) in [6.45, 7) is 8.41. The Bertz CT molecular complexity index is 283. The number of rotatable bonds is 8. The molecule has 118 valence electrons. The van der Waals surface area contributed by atoms with Crippen molar-refractivity contribution in [2.75, 3.05) is 20.1 Å². The molecule has 3 atom stereocenters. The third-order valence-electron chi connectivity index (χ3n) is 4.39. The first kappa shape index (κ1) is 17.4. The van der Waals surface area contributed by atoms with Gasteiger partial charge in [0.25, 0.3) is 0 Å². The van der Waals surface area contributed by atoms with Crippen molar-refractivity contribution in [2.24, 2.45) is 0 Å². The quantitative estimate of drug-likeness (QED) is 0.717. The van der Waals surface area contributed by atoms with E-state index in [1.54, 1.807) is 0 Å². The molecule has 0 aliphatic carbocycles. The number of nitrogens with one attached hydrogen (secondary N) is 2. The lowest BCUT2D eigenvalue weighted by Gasteiger charge is -2.39. The van der Waals surface area contributed by atoms with Crippen molar-refractivity contribution < 1.29 is 4.79 Å². The summed E-state index contributed by atoms with van der Waals surface area (Å²) in [6.07, 6.45) is 7.05. The van der Waals surface area contributed by atoms with Crippen LogP contribution in [0.1, 0.15) is 59.3 Å². The van der Waals surface area contributed by atoms with Gasteiger partial charge in [0, 0.05) is 12.1 Å². The molecule has 2 N–H and O–H groups in total. The van der Waals surface area contributed by atoms with Gasteiger partial charge in [-0.1, -0.05) is 19.8 Å². The van der Waals surface area contributed by atoms with E-state index in [0.717, 1.165) is 32.4 Å². The zero-order valence-electron chi connectivity index (χ0n) is 13.7. The van der Waals surface area contributed by atoms with Crippen LogP contribution >= 0.6 is 0 Å². The Morgan fingerprint density at radius 3 is 2.75 bits per heavy atom. The van der Waals surface area contributed by atoms with Gasteiger partial charge in [-0.15, -0.1) is 0 Å². The fourth-order valence-electron chi connectivity index (χ4n) is 3.17. The van der Waals surface area contributed by atoms with Crippen LogP contribution in [0.3, 0.4) is 0 Å². The van der Waals surface area contributed by atoms with Gasteiger partial charge in [-0.3, -0.25) is 9.69 Å². The standard InChI is InChI=1S/C16H33N3O/c1-5-8-13(2)18-16(20)14(3)19-12-7-6-9-15(19)10-11-17-4/h13-15,17H,5-12H2,1-4H3,(H,18,20). The molecular formula is C16H33N3O. The monoisotopic (exact) mass is 283 g/mol. The Morgan fingerprint density at radius 2 is 2.10 bits per heavy atom. The number of nitrogens with zero attached hydrogens (tertiary/aromatic N) is 1. The third-order valence-corrected chi connectivity index (χ3v) is 4.39. The van der Waals surface area contributed by atoms with E-state index in [9.17, 15) is 4.79 Å². The van der Waals surface area contributed by atoms with Crippen LogP contribution in [0.15, 0.2) is 0 Å². The van der Waals surface area contributed by atoms with Crippen molar-refractivity contribution in [1.29, 1.82) is 0 Å². The average molecular weight is 283 g/mol. The van der Waals surface area contributed by atoms with Gasteiger partial charge in [-0.25, -0.2) is 0 Å². The summed E-state index contributed by atoms with van der Waals surface area (Å²) < 4.78 is 0. The highest BCUT2D eigenvalue weighted by atomic mass is 16.2. The number of likely N-dealkylation sites (tertiary alicyclic amines) is 1.